The number of aliphatic hydroxyl groups is 4. The molecule has 1 aliphatic heterocycles. The van der Waals surface area contributed by atoms with E-state index in [1.54, 1.807) is 0 Å². The first-order valence-corrected chi connectivity index (χ1v) is 6.47. The second kappa shape index (κ2) is 6.18. The van der Waals surface area contributed by atoms with E-state index in [1.807, 2.05) is 0 Å². The van der Waals surface area contributed by atoms with E-state index >= 15 is 0 Å². The van der Waals surface area contributed by atoms with Gasteiger partial charge in [0.1, 0.15) is 18.8 Å². The van der Waals surface area contributed by atoms with Crippen LogP contribution < -0.4 is 0 Å². The molecule has 0 bridgehead atoms. The molecule has 10 nitrogen and oxygen atoms in total. The summed E-state index contributed by atoms with van der Waals surface area (Å²) in [7, 11) is 0. The molecule has 0 saturated carbocycles. The number of rotatable bonds is 4. The maximum absolute atomic E-state index is 11.8. The third-order valence-electron chi connectivity index (χ3n) is 3.52. The van der Waals surface area contributed by atoms with Crippen LogP contribution >= 0.6 is 0 Å². The van der Waals surface area contributed by atoms with Crippen molar-refractivity contribution in [2.24, 2.45) is 0 Å². The van der Waals surface area contributed by atoms with Crippen LogP contribution in [0.25, 0.3) is 0 Å². The average Bonchev–Trinajstić information content (AvgIpc) is 2.73. The number of benzene rings is 1. The summed E-state index contributed by atoms with van der Waals surface area (Å²) >= 11 is 0. The van der Waals surface area contributed by atoms with Gasteiger partial charge in [0.15, 0.2) is 29.1 Å². The number of aliphatic hydroxyl groups excluding tert-OH is 3. The zero-order valence-electron chi connectivity index (χ0n) is 11.7. The molecule has 1 heterocycles. The van der Waals surface area contributed by atoms with E-state index in [9.17, 15) is 35.4 Å². The minimum absolute atomic E-state index is 0.344. The standard InChI is InChI=1S/C13H16O10/c14-3-8-10(18)13(21,12(20)23-8)4-22-11(19)5-1-6(15)9(17)7(16)2-5/h1-2,8,10,12,14-18,20-21H,3-4H2. The lowest BCUT2D eigenvalue weighted by Crippen LogP contribution is -2.52. The van der Waals surface area contributed by atoms with Crippen LogP contribution in [0.5, 0.6) is 17.2 Å². The fraction of sp³-hybridized carbons (Fsp3) is 0.462. The fourth-order valence-electron chi connectivity index (χ4n) is 2.11. The quantitative estimate of drug-likeness (QED) is 0.235. The van der Waals surface area contributed by atoms with Gasteiger partial charge in [-0.15, -0.1) is 0 Å². The third-order valence-corrected chi connectivity index (χ3v) is 3.52. The maximum atomic E-state index is 11.8. The van der Waals surface area contributed by atoms with Crippen molar-refractivity contribution >= 4 is 5.97 Å². The van der Waals surface area contributed by atoms with Gasteiger partial charge in [-0.25, -0.2) is 4.79 Å². The van der Waals surface area contributed by atoms with Gasteiger partial charge in [-0.05, 0) is 12.1 Å². The summed E-state index contributed by atoms with van der Waals surface area (Å²) in [6.45, 7) is -1.55. The Labute approximate surface area is 129 Å². The Hall–Kier alpha value is -2.11. The van der Waals surface area contributed by atoms with Crippen molar-refractivity contribution in [2.45, 2.75) is 24.1 Å². The Morgan fingerprint density at radius 3 is 2.26 bits per heavy atom. The van der Waals surface area contributed by atoms with Crippen LogP contribution in [0.2, 0.25) is 0 Å². The van der Waals surface area contributed by atoms with Gasteiger partial charge in [-0.1, -0.05) is 0 Å². The molecule has 10 heteroatoms. The number of carbonyl (C=O) groups excluding carboxylic acids is 1. The molecule has 0 radical (unpaired) electrons. The molecule has 1 aromatic carbocycles. The Balaban J connectivity index is 2.10. The molecule has 2 rings (SSSR count). The summed E-state index contributed by atoms with van der Waals surface area (Å²) in [6, 6.07) is 1.63. The molecule has 0 spiro atoms. The lowest BCUT2D eigenvalue weighted by molar-refractivity contribution is -0.191. The smallest absolute Gasteiger partial charge is 0.338 e. The van der Waals surface area contributed by atoms with Gasteiger partial charge in [0.25, 0.3) is 0 Å². The van der Waals surface area contributed by atoms with Gasteiger partial charge in [-0.2, -0.15) is 0 Å². The first-order valence-electron chi connectivity index (χ1n) is 6.47. The number of phenols is 3. The lowest BCUT2D eigenvalue weighted by atomic mass is 9.96. The highest BCUT2D eigenvalue weighted by atomic mass is 16.7. The normalized spacial score (nSPS) is 30.3. The van der Waals surface area contributed by atoms with Crippen LogP contribution in [-0.4, -0.2) is 79.0 Å². The van der Waals surface area contributed by atoms with Crippen LogP contribution in [0.15, 0.2) is 12.1 Å². The van der Waals surface area contributed by atoms with Crippen LogP contribution in [0.4, 0.5) is 0 Å². The molecule has 23 heavy (non-hydrogen) atoms. The summed E-state index contributed by atoms with van der Waals surface area (Å²) < 4.78 is 9.46. The van der Waals surface area contributed by atoms with E-state index in [2.05, 4.69) is 0 Å². The molecule has 4 unspecified atom stereocenters. The molecule has 4 atom stereocenters. The molecular formula is C13H16O10. The summed E-state index contributed by atoms with van der Waals surface area (Å²) in [5.41, 5.74) is -2.70. The predicted molar refractivity (Wildman–Crippen MR) is 70.6 cm³/mol. The first kappa shape index (κ1) is 17.2. The number of hydrogen-bond donors (Lipinski definition) is 7. The number of ether oxygens (including phenoxy) is 2. The zero-order valence-corrected chi connectivity index (χ0v) is 11.7. The number of hydrogen-bond acceptors (Lipinski definition) is 10. The Bertz CT molecular complexity index is 579. The highest BCUT2D eigenvalue weighted by Crippen LogP contribution is 2.36. The van der Waals surface area contributed by atoms with E-state index in [-0.39, 0.29) is 5.56 Å². The number of carbonyl (C=O) groups is 1. The largest absolute Gasteiger partial charge is 0.504 e. The Kier molecular flexibility index (Phi) is 4.63. The third kappa shape index (κ3) is 3.02. The van der Waals surface area contributed by atoms with Crippen molar-refractivity contribution in [3.63, 3.8) is 0 Å². The minimum atomic E-state index is -2.36. The van der Waals surface area contributed by atoms with Gasteiger partial charge in [-0.3, -0.25) is 0 Å². The molecular weight excluding hydrogens is 316 g/mol. The summed E-state index contributed by atoms with van der Waals surface area (Å²) in [6.07, 6.45) is -4.86. The monoisotopic (exact) mass is 332 g/mol. The van der Waals surface area contributed by atoms with Gasteiger partial charge in [0, 0.05) is 0 Å². The van der Waals surface area contributed by atoms with E-state index in [1.165, 1.54) is 0 Å². The highest BCUT2D eigenvalue weighted by molar-refractivity contribution is 5.91. The van der Waals surface area contributed by atoms with Gasteiger partial charge in [0.2, 0.25) is 0 Å². The molecule has 7 N–H and O–H groups in total. The van der Waals surface area contributed by atoms with Gasteiger partial charge in [0.05, 0.1) is 12.2 Å². The van der Waals surface area contributed by atoms with E-state index < -0.39 is 60.5 Å². The van der Waals surface area contributed by atoms with Crippen LogP contribution in [-0.2, 0) is 9.47 Å². The molecule has 0 aromatic heterocycles. The average molecular weight is 332 g/mol. The molecule has 1 fully saturated rings. The van der Waals surface area contributed by atoms with Crippen molar-refractivity contribution in [1.29, 1.82) is 0 Å². The SMILES string of the molecule is O=C(OCC1(O)C(O)OC(CO)C1O)c1cc(O)c(O)c(O)c1. The topological polar surface area (TPSA) is 177 Å². The molecule has 1 saturated heterocycles. The van der Waals surface area contributed by atoms with E-state index in [4.69, 9.17) is 14.6 Å². The number of aromatic hydroxyl groups is 3. The van der Waals surface area contributed by atoms with Gasteiger partial charge < -0.3 is 45.2 Å². The van der Waals surface area contributed by atoms with Crippen molar-refractivity contribution in [2.75, 3.05) is 13.2 Å². The Morgan fingerprint density at radius 1 is 1.22 bits per heavy atom. The summed E-state index contributed by atoms with van der Waals surface area (Å²) in [5.74, 6) is -3.46. The Morgan fingerprint density at radius 2 is 1.78 bits per heavy atom. The molecule has 128 valence electrons. The molecule has 1 aliphatic rings. The van der Waals surface area contributed by atoms with Crippen molar-refractivity contribution in [3.8, 4) is 17.2 Å². The number of esters is 1. The predicted octanol–water partition coefficient (Wildman–Crippen LogP) is -2.24. The second-order valence-electron chi connectivity index (χ2n) is 5.08. The maximum Gasteiger partial charge on any atom is 0.338 e. The fourth-order valence-corrected chi connectivity index (χ4v) is 2.11. The zero-order chi connectivity index (χ0) is 17.4. The second-order valence-corrected chi connectivity index (χ2v) is 5.08. The number of phenolic OH excluding ortho intramolecular Hbond substituents is 3. The molecule has 1 aromatic rings. The van der Waals surface area contributed by atoms with E-state index in [0.29, 0.717) is 0 Å². The van der Waals surface area contributed by atoms with Crippen molar-refractivity contribution in [1.82, 2.24) is 0 Å². The highest BCUT2D eigenvalue weighted by Gasteiger charge is 2.55. The van der Waals surface area contributed by atoms with Crippen molar-refractivity contribution in [3.05, 3.63) is 17.7 Å². The lowest BCUT2D eigenvalue weighted by Gasteiger charge is -2.27. The first-order chi connectivity index (χ1) is 10.7. The van der Waals surface area contributed by atoms with E-state index in [0.717, 1.165) is 12.1 Å². The van der Waals surface area contributed by atoms with Crippen LogP contribution in [0, 0.1) is 0 Å². The van der Waals surface area contributed by atoms with Crippen molar-refractivity contribution < 1.29 is 50.0 Å². The van der Waals surface area contributed by atoms with Gasteiger partial charge >= 0.3 is 5.97 Å². The molecule has 0 aliphatic carbocycles. The van der Waals surface area contributed by atoms with Crippen LogP contribution in [0.3, 0.4) is 0 Å². The summed E-state index contributed by atoms with van der Waals surface area (Å²) in [4.78, 5) is 11.8. The minimum Gasteiger partial charge on any atom is -0.504 e. The molecule has 0 amide bonds. The summed E-state index contributed by atoms with van der Waals surface area (Å²) in [5, 5.41) is 66.2. The van der Waals surface area contributed by atoms with Crippen LogP contribution in [0.1, 0.15) is 10.4 Å².